The topological polar surface area (TPSA) is 23.9 Å². The number of nitrogens with one attached hydrogen (secondary N) is 1. The van der Waals surface area contributed by atoms with Gasteiger partial charge in [0.25, 0.3) is 0 Å². The van der Waals surface area contributed by atoms with Crippen LogP contribution in [0.2, 0.25) is 0 Å². The second-order valence-electron chi connectivity index (χ2n) is 4.03. The van der Waals surface area contributed by atoms with Crippen molar-refractivity contribution < 1.29 is 0 Å². The number of allylic oxidation sites excluding steroid dienone is 2. The Kier molecular flexibility index (Phi) is 1.67. The van der Waals surface area contributed by atoms with Crippen LogP contribution in [0.1, 0.15) is 33.6 Å². The molecule has 1 rings (SSSR count). The van der Waals surface area contributed by atoms with Gasteiger partial charge >= 0.3 is 0 Å². The molecule has 0 aromatic rings. The molecular weight excluding hydrogens is 122 g/mol. The molecule has 0 radical (unpaired) electrons. The first kappa shape index (κ1) is 7.52. The van der Waals surface area contributed by atoms with E-state index in [9.17, 15) is 0 Å². The summed E-state index contributed by atoms with van der Waals surface area (Å²) in [6.45, 7) is 6.55. The first-order valence-corrected chi connectivity index (χ1v) is 3.74. The maximum atomic E-state index is 7.50. The van der Waals surface area contributed by atoms with Crippen LogP contribution in [0.5, 0.6) is 0 Å². The van der Waals surface area contributed by atoms with Crippen molar-refractivity contribution in [1.29, 1.82) is 5.41 Å². The van der Waals surface area contributed by atoms with Crippen molar-refractivity contribution in [3.63, 3.8) is 0 Å². The molecule has 0 saturated carbocycles. The average molecular weight is 137 g/mol. The molecule has 0 amide bonds. The molecule has 0 bridgehead atoms. The molecule has 0 saturated heterocycles. The summed E-state index contributed by atoms with van der Waals surface area (Å²) in [7, 11) is 0. The van der Waals surface area contributed by atoms with Gasteiger partial charge in [0.1, 0.15) is 0 Å². The van der Waals surface area contributed by atoms with Gasteiger partial charge < -0.3 is 5.41 Å². The van der Waals surface area contributed by atoms with Crippen LogP contribution >= 0.6 is 0 Å². The monoisotopic (exact) mass is 137 g/mol. The van der Waals surface area contributed by atoms with E-state index < -0.39 is 0 Å². The first-order valence-electron chi connectivity index (χ1n) is 3.74. The Labute approximate surface area is 62.6 Å². The van der Waals surface area contributed by atoms with E-state index in [0.29, 0.717) is 5.41 Å². The van der Waals surface area contributed by atoms with Crippen LogP contribution in [-0.2, 0) is 0 Å². The highest BCUT2D eigenvalue weighted by molar-refractivity contribution is 5.94. The van der Waals surface area contributed by atoms with Crippen molar-refractivity contribution in [3.8, 4) is 0 Å². The van der Waals surface area contributed by atoms with Crippen molar-refractivity contribution in [2.24, 2.45) is 5.41 Å². The van der Waals surface area contributed by atoms with E-state index in [0.717, 1.165) is 18.6 Å². The smallest absolute Gasteiger partial charge is 0.0318 e. The largest absolute Gasteiger partial charge is 0.305 e. The number of hydrogen-bond acceptors (Lipinski definition) is 1. The Morgan fingerprint density at radius 1 is 1.40 bits per heavy atom. The molecule has 1 aliphatic carbocycles. The zero-order valence-electron chi connectivity index (χ0n) is 6.99. The maximum Gasteiger partial charge on any atom is 0.0318 e. The minimum Gasteiger partial charge on any atom is -0.305 e. The lowest BCUT2D eigenvalue weighted by molar-refractivity contribution is 0.373. The summed E-state index contributed by atoms with van der Waals surface area (Å²) < 4.78 is 0. The van der Waals surface area contributed by atoms with Crippen LogP contribution in [-0.4, -0.2) is 5.71 Å². The van der Waals surface area contributed by atoms with Crippen molar-refractivity contribution in [2.45, 2.75) is 33.6 Å². The summed E-state index contributed by atoms with van der Waals surface area (Å²) >= 11 is 0. The van der Waals surface area contributed by atoms with Crippen LogP contribution in [0.3, 0.4) is 0 Å². The molecule has 0 aromatic carbocycles. The minimum absolute atomic E-state index is 0.329. The van der Waals surface area contributed by atoms with Crippen molar-refractivity contribution in [1.82, 2.24) is 0 Å². The highest BCUT2D eigenvalue weighted by atomic mass is 14.4. The molecule has 56 valence electrons. The number of hydrogen-bond donors (Lipinski definition) is 1. The summed E-state index contributed by atoms with van der Waals surface area (Å²) in [5, 5.41) is 7.50. The average Bonchev–Trinajstić information content (AvgIpc) is 1.54. The summed E-state index contributed by atoms with van der Waals surface area (Å²) in [5.74, 6) is 0. The molecule has 1 N–H and O–H groups in total. The third-order valence-electron chi connectivity index (χ3n) is 1.85. The molecule has 0 heterocycles. The summed E-state index contributed by atoms with van der Waals surface area (Å²) in [5.41, 5.74) is 2.46. The third kappa shape index (κ3) is 1.69. The van der Waals surface area contributed by atoms with E-state index in [-0.39, 0.29) is 0 Å². The maximum absolute atomic E-state index is 7.50. The first-order chi connectivity index (χ1) is 4.49. The van der Waals surface area contributed by atoms with Gasteiger partial charge in [0, 0.05) is 5.71 Å². The lowest BCUT2D eigenvalue weighted by Crippen LogP contribution is -2.20. The summed E-state index contributed by atoms with van der Waals surface area (Å²) in [4.78, 5) is 0. The summed E-state index contributed by atoms with van der Waals surface area (Å²) in [6, 6.07) is 0. The van der Waals surface area contributed by atoms with E-state index in [1.165, 1.54) is 5.57 Å². The van der Waals surface area contributed by atoms with Gasteiger partial charge in [-0.25, -0.2) is 0 Å². The highest BCUT2D eigenvalue weighted by Crippen LogP contribution is 2.33. The van der Waals surface area contributed by atoms with E-state index in [1.807, 2.05) is 6.08 Å². The van der Waals surface area contributed by atoms with Crippen LogP contribution in [0, 0.1) is 10.8 Å². The van der Waals surface area contributed by atoms with E-state index in [1.54, 1.807) is 0 Å². The van der Waals surface area contributed by atoms with Crippen molar-refractivity contribution >= 4 is 5.71 Å². The van der Waals surface area contributed by atoms with Crippen LogP contribution in [0.4, 0.5) is 0 Å². The van der Waals surface area contributed by atoms with E-state index in [2.05, 4.69) is 20.8 Å². The van der Waals surface area contributed by atoms with Gasteiger partial charge in [-0.1, -0.05) is 19.4 Å². The summed E-state index contributed by atoms with van der Waals surface area (Å²) in [6.07, 6.45) is 4.07. The standard InChI is InChI=1S/C9H15N/c1-7-4-8(10)6-9(2,3)5-7/h4,10H,5-6H2,1-3H3. The van der Waals surface area contributed by atoms with E-state index in [4.69, 9.17) is 5.41 Å². The van der Waals surface area contributed by atoms with Gasteiger partial charge in [-0.3, -0.25) is 0 Å². The molecule has 10 heavy (non-hydrogen) atoms. The predicted octanol–water partition coefficient (Wildman–Crippen LogP) is 2.77. The zero-order valence-corrected chi connectivity index (χ0v) is 6.99. The zero-order chi connectivity index (χ0) is 7.78. The Bertz CT molecular complexity index is 187. The highest BCUT2D eigenvalue weighted by Gasteiger charge is 2.23. The Hall–Kier alpha value is -0.590. The fourth-order valence-corrected chi connectivity index (χ4v) is 1.73. The molecule has 0 aromatic heterocycles. The van der Waals surface area contributed by atoms with Crippen LogP contribution in [0.25, 0.3) is 0 Å². The van der Waals surface area contributed by atoms with Crippen molar-refractivity contribution in [2.75, 3.05) is 0 Å². The van der Waals surface area contributed by atoms with Gasteiger partial charge in [0.05, 0.1) is 0 Å². The fourth-order valence-electron chi connectivity index (χ4n) is 1.73. The second-order valence-corrected chi connectivity index (χ2v) is 4.03. The Morgan fingerprint density at radius 3 is 2.40 bits per heavy atom. The SMILES string of the molecule is CC1=CC(=N)CC(C)(C)C1. The second kappa shape index (κ2) is 2.22. The van der Waals surface area contributed by atoms with Crippen LogP contribution in [0.15, 0.2) is 11.6 Å². The molecule has 0 atom stereocenters. The third-order valence-corrected chi connectivity index (χ3v) is 1.85. The molecule has 0 spiro atoms. The predicted molar refractivity (Wildman–Crippen MR) is 44.5 cm³/mol. The molecule has 1 heteroatoms. The van der Waals surface area contributed by atoms with E-state index >= 15 is 0 Å². The molecule has 0 aliphatic heterocycles. The van der Waals surface area contributed by atoms with Gasteiger partial charge in [-0.05, 0) is 31.3 Å². The normalized spacial score (nSPS) is 24.3. The lowest BCUT2D eigenvalue weighted by Gasteiger charge is -2.28. The van der Waals surface area contributed by atoms with Gasteiger partial charge in [-0.2, -0.15) is 0 Å². The minimum atomic E-state index is 0.329. The quantitative estimate of drug-likeness (QED) is 0.531. The Morgan fingerprint density at radius 2 is 2.00 bits per heavy atom. The lowest BCUT2D eigenvalue weighted by atomic mass is 9.77. The van der Waals surface area contributed by atoms with Crippen molar-refractivity contribution in [3.05, 3.63) is 11.6 Å². The van der Waals surface area contributed by atoms with Gasteiger partial charge in [0.2, 0.25) is 0 Å². The Balaban J connectivity index is 2.80. The fraction of sp³-hybridized carbons (Fsp3) is 0.667. The van der Waals surface area contributed by atoms with Gasteiger partial charge in [0.15, 0.2) is 0 Å². The molecule has 0 fully saturated rings. The molecule has 0 unspecified atom stereocenters. The molecular formula is C9H15N. The molecule has 1 aliphatic rings. The molecule has 1 nitrogen and oxygen atoms in total. The van der Waals surface area contributed by atoms with Gasteiger partial charge in [-0.15, -0.1) is 0 Å². The number of rotatable bonds is 0. The van der Waals surface area contributed by atoms with Crippen LogP contribution < -0.4 is 0 Å².